The molecule has 1 atom stereocenters. The predicted octanol–water partition coefficient (Wildman–Crippen LogP) is 2.19. The molecule has 0 spiro atoms. The van der Waals surface area contributed by atoms with E-state index in [-0.39, 0.29) is 6.61 Å². The van der Waals surface area contributed by atoms with E-state index in [2.05, 4.69) is 11.8 Å². The van der Waals surface area contributed by atoms with Crippen molar-refractivity contribution in [3.63, 3.8) is 0 Å². The normalized spacial score (nSPS) is 19.2. The summed E-state index contributed by atoms with van der Waals surface area (Å²) in [7, 11) is 0. The molecule has 78 valence electrons. The molecule has 1 aliphatic heterocycles. The zero-order chi connectivity index (χ0) is 10.7. The van der Waals surface area contributed by atoms with Gasteiger partial charge in [-0.1, -0.05) is 0 Å². The average Bonchev–Trinajstić information content (AvgIpc) is 2.26. The fraction of sp³-hybridized carbons (Fsp3) is 0.417. The van der Waals surface area contributed by atoms with Gasteiger partial charge >= 0.3 is 0 Å². The van der Waals surface area contributed by atoms with Crippen LogP contribution in [-0.2, 0) is 0 Å². The van der Waals surface area contributed by atoms with Gasteiger partial charge in [0.25, 0.3) is 0 Å². The smallest absolute Gasteiger partial charge is 0.174 e. The molecular weight excluding hydrogens is 188 g/mol. The number of anilines is 1. The summed E-state index contributed by atoms with van der Waals surface area (Å²) in [6, 6.07) is 10.5. The van der Waals surface area contributed by atoms with Gasteiger partial charge in [-0.05, 0) is 37.6 Å². The summed E-state index contributed by atoms with van der Waals surface area (Å²) in [5.41, 5.74) is 1.23. The van der Waals surface area contributed by atoms with Crippen LogP contribution < -0.4 is 9.64 Å². The number of nitrogens with zero attached hydrogens (tertiary/aromatic N) is 2. The summed E-state index contributed by atoms with van der Waals surface area (Å²) in [5.74, 6) is 0.758. The molecule has 15 heavy (non-hydrogen) atoms. The third-order valence-corrected chi connectivity index (χ3v) is 2.79. The second-order valence-electron chi connectivity index (χ2n) is 3.77. The highest BCUT2D eigenvalue weighted by molar-refractivity contribution is 5.51. The molecule has 0 N–H and O–H groups in total. The third kappa shape index (κ3) is 2.04. The molecule has 1 aromatic rings. The van der Waals surface area contributed by atoms with Crippen molar-refractivity contribution in [1.29, 1.82) is 5.26 Å². The molecule has 1 unspecified atom stereocenters. The second kappa shape index (κ2) is 4.22. The molecule has 1 saturated heterocycles. The molecule has 0 aliphatic carbocycles. The summed E-state index contributed by atoms with van der Waals surface area (Å²) in [6.07, 6.45) is 1.27. The largest absolute Gasteiger partial charge is 0.479 e. The first-order valence-electron chi connectivity index (χ1n) is 5.17. The molecule has 1 heterocycles. The first-order valence-corrected chi connectivity index (χ1v) is 5.17. The fourth-order valence-electron chi connectivity index (χ4n) is 1.75. The Hall–Kier alpha value is -1.69. The van der Waals surface area contributed by atoms with Gasteiger partial charge in [-0.3, -0.25) is 0 Å². The Morgan fingerprint density at radius 1 is 1.47 bits per heavy atom. The van der Waals surface area contributed by atoms with Gasteiger partial charge in [-0.15, -0.1) is 0 Å². The van der Waals surface area contributed by atoms with Crippen molar-refractivity contribution in [2.24, 2.45) is 0 Å². The number of ether oxygens (including phenoxy) is 1. The number of nitriles is 1. The summed E-state index contributed by atoms with van der Waals surface area (Å²) < 4.78 is 5.19. The Kier molecular flexibility index (Phi) is 2.77. The van der Waals surface area contributed by atoms with E-state index in [0.29, 0.717) is 6.04 Å². The summed E-state index contributed by atoms with van der Waals surface area (Å²) >= 11 is 0. The van der Waals surface area contributed by atoms with E-state index in [1.165, 1.54) is 12.1 Å². The van der Waals surface area contributed by atoms with Crippen LogP contribution in [0.5, 0.6) is 5.75 Å². The molecule has 0 amide bonds. The molecule has 1 aromatic carbocycles. The maximum Gasteiger partial charge on any atom is 0.174 e. The van der Waals surface area contributed by atoms with Crippen LogP contribution in [0.3, 0.4) is 0 Å². The minimum atomic E-state index is 0.111. The Morgan fingerprint density at radius 3 is 2.67 bits per heavy atom. The quantitative estimate of drug-likeness (QED) is 0.753. The van der Waals surface area contributed by atoms with Crippen LogP contribution in [0.15, 0.2) is 24.3 Å². The SMILES string of the molecule is CC1CCN1c1ccc(OCC#N)cc1. The maximum absolute atomic E-state index is 8.37. The van der Waals surface area contributed by atoms with Crippen LogP contribution in [0.4, 0.5) is 5.69 Å². The first-order chi connectivity index (χ1) is 7.31. The lowest BCUT2D eigenvalue weighted by molar-refractivity contribution is 0.368. The maximum atomic E-state index is 8.37. The van der Waals surface area contributed by atoms with Crippen LogP contribution in [0.2, 0.25) is 0 Å². The van der Waals surface area contributed by atoms with Gasteiger partial charge in [0.05, 0.1) is 0 Å². The molecule has 0 saturated carbocycles. The van der Waals surface area contributed by atoms with E-state index in [1.54, 1.807) is 0 Å². The molecule has 1 aliphatic rings. The molecule has 0 radical (unpaired) electrons. The van der Waals surface area contributed by atoms with E-state index < -0.39 is 0 Å². The number of benzene rings is 1. The van der Waals surface area contributed by atoms with Gasteiger partial charge in [-0.25, -0.2) is 0 Å². The highest BCUT2D eigenvalue weighted by Crippen LogP contribution is 2.27. The molecule has 1 fully saturated rings. The van der Waals surface area contributed by atoms with Crippen molar-refractivity contribution >= 4 is 5.69 Å². The van der Waals surface area contributed by atoms with Crippen LogP contribution in [0.1, 0.15) is 13.3 Å². The average molecular weight is 202 g/mol. The number of rotatable bonds is 3. The zero-order valence-electron chi connectivity index (χ0n) is 8.81. The molecule has 0 aromatic heterocycles. The van der Waals surface area contributed by atoms with Crippen molar-refractivity contribution < 1.29 is 4.74 Å². The lowest BCUT2D eigenvalue weighted by atomic mass is 10.0. The predicted molar refractivity (Wildman–Crippen MR) is 59.0 cm³/mol. The Bertz CT molecular complexity index is 366. The summed E-state index contributed by atoms with van der Waals surface area (Å²) in [5, 5.41) is 8.37. The van der Waals surface area contributed by atoms with Gasteiger partial charge in [0.2, 0.25) is 0 Å². The molecule has 3 heteroatoms. The molecule has 2 rings (SSSR count). The Morgan fingerprint density at radius 2 is 2.20 bits per heavy atom. The van der Waals surface area contributed by atoms with Crippen molar-refractivity contribution in [3.05, 3.63) is 24.3 Å². The van der Waals surface area contributed by atoms with Crippen molar-refractivity contribution in [3.8, 4) is 11.8 Å². The molecule has 0 bridgehead atoms. The number of hydrogen-bond donors (Lipinski definition) is 0. The summed E-state index contributed by atoms with van der Waals surface area (Å²) in [4.78, 5) is 2.36. The Labute approximate surface area is 89.9 Å². The van der Waals surface area contributed by atoms with Crippen LogP contribution >= 0.6 is 0 Å². The topological polar surface area (TPSA) is 36.3 Å². The van der Waals surface area contributed by atoms with Crippen molar-refractivity contribution in [2.75, 3.05) is 18.1 Å². The highest BCUT2D eigenvalue weighted by atomic mass is 16.5. The van der Waals surface area contributed by atoms with E-state index in [1.807, 2.05) is 30.3 Å². The van der Waals surface area contributed by atoms with E-state index in [9.17, 15) is 0 Å². The lowest BCUT2D eigenvalue weighted by Crippen LogP contribution is -2.45. The summed E-state index contributed by atoms with van der Waals surface area (Å²) in [6.45, 7) is 3.47. The minimum absolute atomic E-state index is 0.111. The second-order valence-corrected chi connectivity index (χ2v) is 3.77. The lowest BCUT2D eigenvalue weighted by Gasteiger charge is -2.40. The van der Waals surface area contributed by atoms with Crippen LogP contribution in [0.25, 0.3) is 0 Å². The van der Waals surface area contributed by atoms with E-state index >= 15 is 0 Å². The van der Waals surface area contributed by atoms with E-state index in [0.717, 1.165) is 12.3 Å². The van der Waals surface area contributed by atoms with Gasteiger partial charge in [0.15, 0.2) is 6.61 Å². The van der Waals surface area contributed by atoms with Crippen LogP contribution in [-0.4, -0.2) is 19.2 Å². The highest BCUT2D eigenvalue weighted by Gasteiger charge is 2.23. The number of hydrogen-bond acceptors (Lipinski definition) is 3. The third-order valence-electron chi connectivity index (χ3n) is 2.79. The first kappa shape index (κ1) is 9.85. The molecular formula is C12H14N2O. The van der Waals surface area contributed by atoms with Crippen molar-refractivity contribution in [2.45, 2.75) is 19.4 Å². The van der Waals surface area contributed by atoms with Gasteiger partial charge in [0, 0.05) is 18.3 Å². The van der Waals surface area contributed by atoms with Crippen LogP contribution in [0, 0.1) is 11.3 Å². The van der Waals surface area contributed by atoms with E-state index in [4.69, 9.17) is 10.00 Å². The molecule has 3 nitrogen and oxygen atoms in total. The fourth-order valence-corrected chi connectivity index (χ4v) is 1.75. The minimum Gasteiger partial charge on any atom is -0.479 e. The van der Waals surface area contributed by atoms with Crippen molar-refractivity contribution in [1.82, 2.24) is 0 Å². The zero-order valence-corrected chi connectivity index (χ0v) is 8.81. The van der Waals surface area contributed by atoms with Gasteiger partial charge in [0.1, 0.15) is 11.8 Å². The monoisotopic (exact) mass is 202 g/mol. The van der Waals surface area contributed by atoms with Gasteiger partial charge < -0.3 is 9.64 Å². The Balaban J connectivity index is 2.01. The standard InChI is InChI=1S/C12H14N2O/c1-10-6-8-14(10)11-2-4-12(5-3-11)15-9-7-13/h2-5,10H,6,8-9H2,1H3. The van der Waals surface area contributed by atoms with Gasteiger partial charge in [-0.2, -0.15) is 5.26 Å².